The quantitative estimate of drug-likeness (QED) is 0.596. The van der Waals surface area contributed by atoms with E-state index in [1.54, 1.807) is 19.2 Å². The zero-order chi connectivity index (χ0) is 15.1. The number of nitrogens with zero attached hydrogens (tertiary/aromatic N) is 1. The van der Waals surface area contributed by atoms with E-state index in [0.717, 1.165) is 18.4 Å². The van der Waals surface area contributed by atoms with Crippen LogP contribution in [-0.2, 0) is 16.1 Å². The van der Waals surface area contributed by atoms with Crippen LogP contribution in [0, 0.1) is 5.92 Å². The highest BCUT2D eigenvalue weighted by molar-refractivity contribution is 6.32. The van der Waals surface area contributed by atoms with Crippen LogP contribution in [0.1, 0.15) is 32.3 Å². The molecule has 1 aromatic rings. The lowest BCUT2D eigenvalue weighted by Crippen LogP contribution is -2.35. The van der Waals surface area contributed by atoms with Gasteiger partial charge in [-0.15, -0.1) is 12.4 Å². The van der Waals surface area contributed by atoms with Crippen LogP contribution in [0.15, 0.2) is 12.1 Å². The molecule has 0 aliphatic carbocycles. The molecule has 120 valence electrons. The Hall–Kier alpha value is -0.550. The first-order valence-electron chi connectivity index (χ1n) is 6.58. The summed E-state index contributed by atoms with van der Waals surface area (Å²) in [4.78, 5) is 15.8. The first-order chi connectivity index (χ1) is 9.42. The zero-order valence-electron chi connectivity index (χ0n) is 12.4. The van der Waals surface area contributed by atoms with E-state index in [4.69, 9.17) is 27.9 Å². The van der Waals surface area contributed by atoms with Crippen molar-refractivity contribution in [2.24, 2.45) is 5.92 Å². The van der Waals surface area contributed by atoms with E-state index >= 15 is 0 Å². The number of aromatic nitrogens is 1. The van der Waals surface area contributed by atoms with Crippen molar-refractivity contribution in [1.82, 2.24) is 10.3 Å². The predicted molar refractivity (Wildman–Crippen MR) is 88.2 cm³/mol. The molecule has 21 heavy (non-hydrogen) atoms. The minimum absolute atomic E-state index is 0. The molecule has 4 nitrogen and oxygen atoms in total. The van der Waals surface area contributed by atoms with Crippen LogP contribution in [0.5, 0.6) is 0 Å². The molecule has 7 heteroatoms. The molecule has 0 spiro atoms. The summed E-state index contributed by atoms with van der Waals surface area (Å²) >= 11 is 11.6. The van der Waals surface area contributed by atoms with Crippen LogP contribution in [0.3, 0.4) is 0 Å². The third-order valence-electron chi connectivity index (χ3n) is 2.87. The van der Waals surface area contributed by atoms with Gasteiger partial charge in [-0.3, -0.25) is 4.79 Å². The monoisotopic (exact) mass is 354 g/mol. The van der Waals surface area contributed by atoms with Gasteiger partial charge in [-0.05, 0) is 43.5 Å². The molecule has 0 amide bonds. The fourth-order valence-corrected chi connectivity index (χ4v) is 2.24. The number of likely N-dealkylation sites (N-methyl/N-ethyl adjacent to an activating group) is 1. The Labute approximate surface area is 142 Å². The molecule has 1 rings (SSSR count). The molecule has 0 fully saturated rings. The molecule has 0 aromatic carbocycles. The molecule has 0 aliphatic heterocycles. The fourth-order valence-electron chi connectivity index (χ4n) is 1.73. The zero-order valence-corrected chi connectivity index (χ0v) is 14.7. The maximum atomic E-state index is 12.0. The van der Waals surface area contributed by atoms with Crippen molar-refractivity contribution in [2.45, 2.75) is 39.3 Å². The molecular formula is C14H21Cl3N2O2. The number of nitrogens with one attached hydrogen (secondary N) is 1. The van der Waals surface area contributed by atoms with Crippen molar-refractivity contribution < 1.29 is 9.53 Å². The number of carbonyl (C=O) groups excluding carboxylic acids is 1. The first kappa shape index (κ1) is 20.5. The number of carbonyl (C=O) groups is 1. The Balaban J connectivity index is 0.00000400. The summed E-state index contributed by atoms with van der Waals surface area (Å²) in [5, 5.41) is 3.55. The van der Waals surface area contributed by atoms with Gasteiger partial charge in [0.15, 0.2) is 0 Å². The van der Waals surface area contributed by atoms with Gasteiger partial charge in [-0.2, -0.15) is 0 Å². The number of ether oxygens (including phenoxy) is 1. The molecule has 0 saturated heterocycles. The maximum Gasteiger partial charge on any atom is 0.323 e. The number of hydrogen-bond donors (Lipinski definition) is 1. The maximum absolute atomic E-state index is 12.0. The van der Waals surface area contributed by atoms with Crippen LogP contribution >= 0.6 is 35.6 Å². The van der Waals surface area contributed by atoms with E-state index in [1.165, 1.54) is 0 Å². The summed E-state index contributed by atoms with van der Waals surface area (Å²) in [6.45, 7) is 4.39. The summed E-state index contributed by atoms with van der Waals surface area (Å²) < 4.78 is 5.28. The number of pyridine rings is 1. The largest absolute Gasteiger partial charge is 0.460 e. The second kappa shape index (κ2) is 10.2. The first-order valence-corrected chi connectivity index (χ1v) is 7.33. The average molecular weight is 356 g/mol. The Morgan fingerprint density at radius 3 is 2.33 bits per heavy atom. The second-order valence-electron chi connectivity index (χ2n) is 5.04. The molecule has 0 aliphatic rings. The smallest absolute Gasteiger partial charge is 0.323 e. The Kier molecular flexibility index (Phi) is 9.95. The standard InChI is InChI=1S/C14H20Cl2N2O2.ClH/c1-9(2)4-5-11(17-3)14(19)20-8-10-6-12(15)18-13(16)7-10;/h6-7,9,11,17H,4-5,8H2,1-3H3;1H/t11-;/m0./s1. The third-order valence-corrected chi connectivity index (χ3v) is 3.26. The third kappa shape index (κ3) is 7.86. The molecule has 1 N–H and O–H groups in total. The SMILES string of the molecule is CN[C@@H](CCC(C)C)C(=O)OCc1cc(Cl)nc(Cl)c1.Cl. The van der Waals surface area contributed by atoms with Crippen molar-refractivity contribution in [3.05, 3.63) is 28.0 Å². The van der Waals surface area contributed by atoms with Crippen LogP contribution in [0.2, 0.25) is 10.3 Å². The van der Waals surface area contributed by atoms with Gasteiger partial charge in [0, 0.05) is 0 Å². The lowest BCUT2D eigenvalue weighted by Gasteiger charge is -2.16. The Morgan fingerprint density at radius 1 is 1.29 bits per heavy atom. The number of halogens is 3. The molecule has 1 heterocycles. The second-order valence-corrected chi connectivity index (χ2v) is 5.82. The number of hydrogen-bond acceptors (Lipinski definition) is 4. The minimum atomic E-state index is -0.287. The Bertz CT molecular complexity index is 436. The molecule has 0 bridgehead atoms. The molecule has 0 radical (unpaired) electrons. The van der Waals surface area contributed by atoms with Crippen molar-refractivity contribution in [3.8, 4) is 0 Å². The normalized spacial score (nSPS) is 11.9. The molecule has 0 saturated carbocycles. The van der Waals surface area contributed by atoms with E-state index in [9.17, 15) is 4.79 Å². The van der Waals surface area contributed by atoms with E-state index in [-0.39, 0.29) is 41.3 Å². The van der Waals surface area contributed by atoms with Gasteiger partial charge in [0.05, 0.1) is 0 Å². The highest BCUT2D eigenvalue weighted by Crippen LogP contribution is 2.16. The molecular weight excluding hydrogens is 335 g/mol. The summed E-state index contributed by atoms with van der Waals surface area (Å²) in [5.74, 6) is 0.286. The summed E-state index contributed by atoms with van der Waals surface area (Å²) in [7, 11) is 1.76. The van der Waals surface area contributed by atoms with Gasteiger partial charge in [0.1, 0.15) is 23.0 Å². The lowest BCUT2D eigenvalue weighted by atomic mass is 10.0. The van der Waals surface area contributed by atoms with E-state index in [1.807, 2.05) is 0 Å². The lowest BCUT2D eigenvalue weighted by molar-refractivity contribution is -0.147. The summed E-state index contributed by atoms with van der Waals surface area (Å²) in [6.07, 6.45) is 1.72. The Morgan fingerprint density at radius 2 is 1.86 bits per heavy atom. The van der Waals surface area contributed by atoms with Crippen LogP contribution in [-0.4, -0.2) is 24.0 Å². The van der Waals surface area contributed by atoms with E-state index in [0.29, 0.717) is 5.92 Å². The highest BCUT2D eigenvalue weighted by Gasteiger charge is 2.18. The molecule has 1 atom stereocenters. The number of esters is 1. The van der Waals surface area contributed by atoms with Crippen LogP contribution in [0.4, 0.5) is 0 Å². The fraction of sp³-hybridized carbons (Fsp3) is 0.571. The van der Waals surface area contributed by atoms with E-state index < -0.39 is 0 Å². The van der Waals surface area contributed by atoms with E-state index in [2.05, 4.69) is 24.1 Å². The van der Waals surface area contributed by atoms with Crippen molar-refractivity contribution in [1.29, 1.82) is 0 Å². The van der Waals surface area contributed by atoms with Gasteiger partial charge in [-0.25, -0.2) is 4.98 Å². The number of rotatable bonds is 7. The topological polar surface area (TPSA) is 51.2 Å². The van der Waals surface area contributed by atoms with Gasteiger partial charge in [-0.1, -0.05) is 37.0 Å². The summed E-state index contributed by atoms with van der Waals surface area (Å²) in [5.41, 5.74) is 0.724. The van der Waals surface area contributed by atoms with Crippen molar-refractivity contribution in [3.63, 3.8) is 0 Å². The minimum Gasteiger partial charge on any atom is -0.460 e. The van der Waals surface area contributed by atoms with Crippen molar-refractivity contribution in [2.75, 3.05) is 7.05 Å². The average Bonchev–Trinajstić information content (AvgIpc) is 2.35. The van der Waals surface area contributed by atoms with Gasteiger partial charge in [0.25, 0.3) is 0 Å². The molecule has 1 aromatic heterocycles. The van der Waals surface area contributed by atoms with Crippen LogP contribution in [0.25, 0.3) is 0 Å². The van der Waals surface area contributed by atoms with Gasteiger partial charge in [0.2, 0.25) is 0 Å². The summed E-state index contributed by atoms with van der Waals surface area (Å²) in [6, 6.07) is 2.97. The van der Waals surface area contributed by atoms with Gasteiger partial charge < -0.3 is 10.1 Å². The van der Waals surface area contributed by atoms with Crippen molar-refractivity contribution >= 4 is 41.6 Å². The highest BCUT2D eigenvalue weighted by atomic mass is 35.5. The molecule has 0 unspecified atom stereocenters. The van der Waals surface area contributed by atoms with Gasteiger partial charge >= 0.3 is 5.97 Å². The van der Waals surface area contributed by atoms with Crippen LogP contribution < -0.4 is 5.32 Å². The predicted octanol–water partition coefficient (Wildman–Crippen LogP) is 3.88.